The Morgan fingerprint density at radius 2 is 1.79 bits per heavy atom. The maximum atomic E-state index is 13.3. The molecule has 0 aliphatic carbocycles. The number of thioether (sulfide) groups is 1. The molecule has 0 unspecified atom stereocenters. The van der Waals surface area contributed by atoms with Crippen LogP contribution in [0.3, 0.4) is 0 Å². The lowest BCUT2D eigenvalue weighted by molar-refractivity contribution is -0.136. The average molecular weight is 425 g/mol. The normalized spacial score (nSPS) is 18.6. The number of fused-ring (bicyclic) bond motifs is 1. The number of carboxylic acids is 1. The Hall–Kier alpha value is -2.97. The number of amides is 2. The Kier molecular flexibility index (Phi) is 4.76. The van der Waals surface area contributed by atoms with Gasteiger partial charge in [0.05, 0.1) is 21.9 Å². The van der Waals surface area contributed by atoms with Crippen LogP contribution in [-0.4, -0.2) is 33.8 Å². The van der Waals surface area contributed by atoms with Crippen molar-refractivity contribution < 1.29 is 19.5 Å². The number of aryl methyl sites for hydroxylation is 2. The highest BCUT2D eigenvalue weighted by Crippen LogP contribution is 2.45. The second-order valence-corrected chi connectivity index (χ2v) is 8.43. The maximum Gasteiger partial charge on any atom is 0.323 e. The molecular formula is C21H16N2O4S2. The van der Waals surface area contributed by atoms with Gasteiger partial charge in [0.25, 0.3) is 11.8 Å². The number of carbonyl (C=O) groups excluding carboxylic acids is 2. The number of aliphatic carboxylic acids is 1. The molecule has 29 heavy (non-hydrogen) atoms. The summed E-state index contributed by atoms with van der Waals surface area (Å²) >= 11 is 6.50. The first-order chi connectivity index (χ1) is 13.8. The van der Waals surface area contributed by atoms with Crippen molar-refractivity contribution in [2.24, 2.45) is 0 Å². The number of carboxylic acid groups (broad SMARTS) is 1. The topological polar surface area (TPSA) is 77.9 Å². The fourth-order valence-electron chi connectivity index (χ4n) is 3.40. The number of rotatable bonds is 3. The quantitative estimate of drug-likeness (QED) is 0.600. The van der Waals surface area contributed by atoms with E-state index in [1.54, 1.807) is 24.3 Å². The summed E-state index contributed by atoms with van der Waals surface area (Å²) < 4.78 is 0.336. The van der Waals surface area contributed by atoms with E-state index in [9.17, 15) is 19.5 Å². The van der Waals surface area contributed by atoms with Gasteiger partial charge < -0.3 is 5.11 Å². The van der Waals surface area contributed by atoms with E-state index >= 15 is 0 Å². The zero-order valence-electron chi connectivity index (χ0n) is 15.6. The fourth-order valence-corrected chi connectivity index (χ4v) is 4.77. The predicted octanol–water partition coefficient (Wildman–Crippen LogP) is 3.51. The summed E-state index contributed by atoms with van der Waals surface area (Å²) in [7, 11) is 0. The van der Waals surface area contributed by atoms with Crippen LogP contribution in [-0.2, 0) is 14.4 Å². The number of para-hydroxylation sites is 1. The smallest absolute Gasteiger partial charge is 0.323 e. The summed E-state index contributed by atoms with van der Waals surface area (Å²) in [5.74, 6) is -2.01. The number of hydrogen-bond acceptors (Lipinski definition) is 5. The zero-order chi connectivity index (χ0) is 20.9. The molecule has 0 atom stereocenters. The largest absolute Gasteiger partial charge is 0.480 e. The van der Waals surface area contributed by atoms with Gasteiger partial charge in [-0.1, -0.05) is 48.2 Å². The maximum absolute atomic E-state index is 13.3. The molecule has 8 heteroatoms. The molecule has 2 amide bonds. The molecule has 4 rings (SSSR count). The van der Waals surface area contributed by atoms with Crippen molar-refractivity contribution in [3.8, 4) is 0 Å². The first kappa shape index (κ1) is 19.4. The fraction of sp³-hybridized carbons (Fsp3) is 0.143. The summed E-state index contributed by atoms with van der Waals surface area (Å²) in [4.78, 5) is 40.4. The standard InChI is InChI=1S/C21H16N2O4S2/c1-11-7-8-13(9-12(11)2)23-20(27)18(29-21(23)28)17-14-5-3-4-6-15(14)22(19(17)26)10-16(24)25/h3-9H,10H2,1-2H3,(H,24,25)/b18-17+. The Balaban J connectivity index is 1.82. The summed E-state index contributed by atoms with van der Waals surface area (Å²) in [6.07, 6.45) is 0. The molecule has 1 saturated heterocycles. The number of anilines is 2. The van der Waals surface area contributed by atoms with Crippen LogP contribution in [0.2, 0.25) is 0 Å². The minimum Gasteiger partial charge on any atom is -0.480 e. The zero-order valence-corrected chi connectivity index (χ0v) is 17.3. The van der Waals surface area contributed by atoms with E-state index in [0.29, 0.717) is 21.3 Å². The molecule has 2 aromatic rings. The van der Waals surface area contributed by atoms with Crippen LogP contribution in [0.1, 0.15) is 16.7 Å². The van der Waals surface area contributed by atoms with Gasteiger partial charge in [0.1, 0.15) is 6.54 Å². The Labute approximate surface area is 176 Å². The monoisotopic (exact) mass is 424 g/mol. The molecule has 2 heterocycles. The molecule has 0 radical (unpaired) electrons. The van der Waals surface area contributed by atoms with Crippen LogP contribution in [0.25, 0.3) is 5.57 Å². The molecule has 2 aromatic carbocycles. The van der Waals surface area contributed by atoms with Crippen molar-refractivity contribution >= 4 is 63.0 Å². The Morgan fingerprint density at radius 3 is 2.48 bits per heavy atom. The van der Waals surface area contributed by atoms with E-state index in [2.05, 4.69) is 0 Å². The van der Waals surface area contributed by atoms with E-state index in [0.717, 1.165) is 22.9 Å². The first-order valence-electron chi connectivity index (χ1n) is 8.80. The van der Waals surface area contributed by atoms with E-state index in [1.807, 2.05) is 32.0 Å². The number of carbonyl (C=O) groups is 3. The molecule has 0 spiro atoms. The third kappa shape index (κ3) is 3.14. The molecule has 0 bridgehead atoms. The lowest BCUT2D eigenvalue weighted by Gasteiger charge is -2.16. The highest BCUT2D eigenvalue weighted by Gasteiger charge is 2.42. The predicted molar refractivity (Wildman–Crippen MR) is 117 cm³/mol. The molecule has 2 aliphatic rings. The van der Waals surface area contributed by atoms with Gasteiger partial charge in [0.2, 0.25) is 0 Å². The van der Waals surface area contributed by atoms with E-state index < -0.39 is 18.4 Å². The van der Waals surface area contributed by atoms with Gasteiger partial charge in [0, 0.05) is 5.56 Å². The average Bonchev–Trinajstić information content (AvgIpc) is 3.11. The Bertz CT molecular complexity index is 1140. The van der Waals surface area contributed by atoms with Crippen molar-refractivity contribution in [2.45, 2.75) is 13.8 Å². The SMILES string of the molecule is Cc1ccc(N2C(=O)/C(=C3\C(=O)N(CC(=O)O)c4ccccc43)SC2=S)cc1C. The van der Waals surface area contributed by atoms with Crippen LogP contribution < -0.4 is 9.80 Å². The number of thiocarbonyl (C=S) groups is 1. The van der Waals surface area contributed by atoms with Crippen LogP contribution in [0, 0.1) is 13.8 Å². The van der Waals surface area contributed by atoms with Gasteiger partial charge in [-0.2, -0.15) is 0 Å². The third-order valence-corrected chi connectivity index (χ3v) is 6.33. The van der Waals surface area contributed by atoms with Gasteiger partial charge in [-0.05, 0) is 43.2 Å². The minimum atomic E-state index is -1.13. The lowest BCUT2D eigenvalue weighted by Crippen LogP contribution is -2.32. The molecule has 146 valence electrons. The summed E-state index contributed by atoms with van der Waals surface area (Å²) in [6, 6.07) is 12.5. The number of hydrogen-bond donors (Lipinski definition) is 1. The van der Waals surface area contributed by atoms with E-state index in [4.69, 9.17) is 12.2 Å². The van der Waals surface area contributed by atoms with Crippen molar-refractivity contribution in [3.05, 3.63) is 64.1 Å². The molecule has 0 aromatic heterocycles. The van der Waals surface area contributed by atoms with Crippen molar-refractivity contribution in [1.29, 1.82) is 0 Å². The molecule has 0 saturated carbocycles. The van der Waals surface area contributed by atoms with Gasteiger partial charge in [-0.25, -0.2) is 0 Å². The van der Waals surface area contributed by atoms with Gasteiger partial charge in [-0.15, -0.1) is 0 Å². The van der Waals surface area contributed by atoms with Crippen LogP contribution in [0.15, 0.2) is 47.4 Å². The van der Waals surface area contributed by atoms with Crippen molar-refractivity contribution in [3.63, 3.8) is 0 Å². The van der Waals surface area contributed by atoms with Gasteiger partial charge >= 0.3 is 5.97 Å². The molecule has 2 aliphatic heterocycles. The summed E-state index contributed by atoms with van der Waals surface area (Å²) in [6.45, 7) is 3.46. The van der Waals surface area contributed by atoms with E-state index in [-0.39, 0.29) is 16.4 Å². The number of benzene rings is 2. The van der Waals surface area contributed by atoms with Crippen LogP contribution in [0.4, 0.5) is 11.4 Å². The molecule has 6 nitrogen and oxygen atoms in total. The first-order valence-corrected chi connectivity index (χ1v) is 10.0. The third-order valence-electron chi connectivity index (χ3n) is 4.96. The van der Waals surface area contributed by atoms with E-state index in [1.165, 1.54) is 9.80 Å². The van der Waals surface area contributed by atoms with Crippen molar-refractivity contribution in [2.75, 3.05) is 16.3 Å². The highest BCUT2D eigenvalue weighted by atomic mass is 32.2. The second kappa shape index (κ2) is 7.13. The van der Waals surface area contributed by atoms with Gasteiger partial charge in [0.15, 0.2) is 4.32 Å². The highest BCUT2D eigenvalue weighted by molar-refractivity contribution is 8.27. The van der Waals surface area contributed by atoms with Crippen LogP contribution in [0.5, 0.6) is 0 Å². The lowest BCUT2D eigenvalue weighted by atomic mass is 10.1. The molecule has 1 fully saturated rings. The molecule has 1 N–H and O–H groups in total. The second-order valence-electron chi connectivity index (χ2n) is 6.78. The Morgan fingerprint density at radius 1 is 1.07 bits per heavy atom. The minimum absolute atomic E-state index is 0.200. The molecular weight excluding hydrogens is 408 g/mol. The van der Waals surface area contributed by atoms with Crippen LogP contribution >= 0.6 is 24.0 Å². The summed E-state index contributed by atoms with van der Waals surface area (Å²) in [5.41, 5.74) is 3.99. The van der Waals surface area contributed by atoms with Crippen molar-refractivity contribution in [1.82, 2.24) is 0 Å². The summed E-state index contributed by atoms with van der Waals surface area (Å²) in [5, 5.41) is 9.19. The number of nitrogens with zero attached hydrogens (tertiary/aromatic N) is 2. The van der Waals surface area contributed by atoms with Gasteiger partial charge in [-0.3, -0.25) is 24.2 Å².